The molecule has 0 fully saturated rings. The van der Waals surface area contributed by atoms with E-state index in [-0.39, 0.29) is 17.3 Å². The predicted octanol–water partition coefficient (Wildman–Crippen LogP) is 7.01. The molecule has 0 saturated heterocycles. The third-order valence-corrected chi connectivity index (χ3v) is 6.27. The lowest BCUT2D eigenvalue weighted by Gasteiger charge is -2.36. The quantitative estimate of drug-likeness (QED) is 0.512. The van der Waals surface area contributed by atoms with E-state index in [4.69, 9.17) is 9.72 Å². The minimum absolute atomic E-state index is 0.000434. The van der Waals surface area contributed by atoms with Gasteiger partial charge in [-0.05, 0) is 61.9 Å². The zero-order valence-corrected chi connectivity index (χ0v) is 21.0. The van der Waals surface area contributed by atoms with Crippen LogP contribution in [0.4, 0.5) is 0 Å². The molecule has 174 valence electrons. The van der Waals surface area contributed by atoms with Crippen molar-refractivity contribution in [3.05, 3.63) is 34.2 Å². The molecule has 4 nitrogen and oxygen atoms in total. The summed E-state index contributed by atoms with van der Waals surface area (Å²) in [5.41, 5.74) is 5.28. The number of aliphatic hydroxyl groups excluding tert-OH is 1. The van der Waals surface area contributed by atoms with Crippen molar-refractivity contribution in [2.75, 3.05) is 6.61 Å². The second-order valence-corrected chi connectivity index (χ2v) is 10.5. The van der Waals surface area contributed by atoms with E-state index >= 15 is 0 Å². The highest BCUT2D eigenvalue weighted by Crippen LogP contribution is 2.46. The van der Waals surface area contributed by atoms with Crippen LogP contribution in [0.25, 0.3) is 5.57 Å². The lowest BCUT2D eigenvalue weighted by molar-refractivity contribution is 0.0522. The van der Waals surface area contributed by atoms with Gasteiger partial charge in [0, 0.05) is 16.8 Å². The number of carbonyl (C=O) groups excluding carboxylic acids is 1. The smallest absolute Gasteiger partial charge is 0.340 e. The average Bonchev–Trinajstić information content (AvgIpc) is 3.20. The summed E-state index contributed by atoms with van der Waals surface area (Å²) in [5, 5.41) is 11.0. The third kappa shape index (κ3) is 6.19. The number of rotatable bonds is 5. The minimum Gasteiger partial charge on any atom is -0.462 e. The molecule has 31 heavy (non-hydrogen) atoms. The maximum absolute atomic E-state index is 12.9. The van der Waals surface area contributed by atoms with Crippen molar-refractivity contribution in [1.29, 1.82) is 0 Å². The summed E-state index contributed by atoms with van der Waals surface area (Å²) < 4.78 is 5.40. The highest BCUT2D eigenvalue weighted by Gasteiger charge is 2.38. The van der Waals surface area contributed by atoms with Gasteiger partial charge in [-0.2, -0.15) is 0 Å². The molecule has 1 aromatic rings. The summed E-state index contributed by atoms with van der Waals surface area (Å²) >= 11 is 0. The van der Waals surface area contributed by atoms with Crippen LogP contribution in [0.2, 0.25) is 0 Å². The van der Waals surface area contributed by atoms with Crippen molar-refractivity contribution in [2.45, 2.75) is 106 Å². The van der Waals surface area contributed by atoms with Crippen molar-refractivity contribution in [3.8, 4) is 0 Å². The van der Waals surface area contributed by atoms with Gasteiger partial charge in [0.1, 0.15) is 0 Å². The lowest BCUT2D eigenvalue weighted by atomic mass is 9.72. The second kappa shape index (κ2) is 10.8. The lowest BCUT2D eigenvalue weighted by Crippen LogP contribution is -2.30. The van der Waals surface area contributed by atoms with Crippen molar-refractivity contribution in [3.63, 3.8) is 0 Å². The topological polar surface area (TPSA) is 59.4 Å². The van der Waals surface area contributed by atoms with E-state index in [1.165, 1.54) is 12.0 Å². The molecule has 0 aromatic carbocycles. The molecule has 4 heteroatoms. The zero-order chi connectivity index (χ0) is 23.3. The molecule has 0 amide bonds. The monoisotopic (exact) mass is 429 g/mol. The summed E-state index contributed by atoms with van der Waals surface area (Å²) in [6.45, 7) is 17.3. The van der Waals surface area contributed by atoms with Crippen molar-refractivity contribution < 1.29 is 14.6 Å². The fourth-order valence-corrected chi connectivity index (χ4v) is 4.37. The number of fused-ring (bicyclic) bond motifs is 1. The molecule has 3 rings (SSSR count). The van der Waals surface area contributed by atoms with Gasteiger partial charge in [0.15, 0.2) is 0 Å². The number of esters is 1. The molecular formula is C27H43NO3. The molecule has 1 aromatic heterocycles. The fourth-order valence-electron chi connectivity index (χ4n) is 4.37. The van der Waals surface area contributed by atoms with Crippen LogP contribution in [0.3, 0.4) is 0 Å². The number of hydrogen-bond acceptors (Lipinski definition) is 4. The van der Waals surface area contributed by atoms with E-state index < -0.39 is 6.10 Å². The molecule has 0 radical (unpaired) electrons. The summed E-state index contributed by atoms with van der Waals surface area (Å²) in [7, 11) is 0. The number of hydrogen-bond donors (Lipinski definition) is 1. The number of allylic oxidation sites excluding steroid dienone is 2. The molecule has 0 saturated carbocycles. The molecule has 2 aliphatic rings. The van der Waals surface area contributed by atoms with Gasteiger partial charge in [0.05, 0.1) is 24.0 Å². The van der Waals surface area contributed by atoms with Crippen LogP contribution in [-0.2, 0) is 11.2 Å². The fraction of sp³-hybridized carbons (Fsp3) is 0.704. The van der Waals surface area contributed by atoms with Crippen molar-refractivity contribution in [2.24, 2.45) is 11.3 Å². The van der Waals surface area contributed by atoms with Gasteiger partial charge in [-0.1, -0.05) is 61.0 Å². The minimum atomic E-state index is -0.591. The first-order valence-electron chi connectivity index (χ1n) is 12.1. The van der Waals surface area contributed by atoms with E-state index in [2.05, 4.69) is 54.5 Å². The van der Waals surface area contributed by atoms with Crippen LogP contribution >= 0.6 is 0 Å². The largest absolute Gasteiger partial charge is 0.462 e. The van der Waals surface area contributed by atoms with E-state index in [1.807, 2.05) is 6.92 Å². The Hall–Kier alpha value is -1.68. The van der Waals surface area contributed by atoms with Crippen LogP contribution in [0.15, 0.2) is 6.08 Å². The summed E-state index contributed by atoms with van der Waals surface area (Å²) in [5.74, 6) is 0.684. The van der Waals surface area contributed by atoms with E-state index in [1.54, 1.807) is 0 Å². The van der Waals surface area contributed by atoms with Crippen LogP contribution in [0, 0.1) is 11.3 Å². The average molecular weight is 430 g/mol. The Balaban J connectivity index is 0.000000614. The zero-order valence-electron chi connectivity index (χ0n) is 21.0. The molecular weight excluding hydrogens is 386 g/mol. The Labute approximate surface area is 189 Å². The third-order valence-electron chi connectivity index (χ3n) is 6.27. The Kier molecular flexibility index (Phi) is 8.88. The van der Waals surface area contributed by atoms with Crippen molar-refractivity contribution in [1.82, 2.24) is 4.98 Å². The summed E-state index contributed by atoms with van der Waals surface area (Å²) in [6.07, 6.45) is 7.49. The molecule has 1 atom stereocenters. The van der Waals surface area contributed by atoms with Crippen molar-refractivity contribution >= 4 is 11.5 Å². The van der Waals surface area contributed by atoms with E-state index in [0.29, 0.717) is 18.6 Å². The van der Waals surface area contributed by atoms with Gasteiger partial charge in [-0.15, -0.1) is 0 Å². The molecule has 0 aliphatic heterocycles. The number of aliphatic hydroxyl groups is 1. The predicted molar refractivity (Wildman–Crippen MR) is 128 cm³/mol. The first kappa shape index (κ1) is 25.6. The molecule has 0 bridgehead atoms. The molecule has 1 N–H and O–H groups in total. The number of ether oxygens (including phenoxy) is 1. The Bertz CT molecular complexity index is 805. The number of aromatic nitrogens is 1. The van der Waals surface area contributed by atoms with E-state index in [0.717, 1.165) is 54.1 Å². The first-order chi connectivity index (χ1) is 14.5. The van der Waals surface area contributed by atoms with Crippen LogP contribution in [0.1, 0.15) is 132 Å². The molecule has 2 aliphatic carbocycles. The number of carbonyl (C=O) groups is 1. The van der Waals surface area contributed by atoms with Gasteiger partial charge >= 0.3 is 5.97 Å². The first-order valence-corrected chi connectivity index (χ1v) is 12.1. The van der Waals surface area contributed by atoms with Gasteiger partial charge in [0.25, 0.3) is 0 Å². The highest BCUT2D eigenvalue weighted by atomic mass is 16.5. The Morgan fingerprint density at radius 2 is 1.90 bits per heavy atom. The molecule has 1 unspecified atom stereocenters. The van der Waals surface area contributed by atoms with Crippen LogP contribution < -0.4 is 0 Å². The summed E-state index contributed by atoms with van der Waals surface area (Å²) in [6, 6.07) is 0. The number of nitrogens with zero attached hydrogens (tertiary/aromatic N) is 1. The van der Waals surface area contributed by atoms with E-state index in [9.17, 15) is 9.90 Å². The maximum atomic E-state index is 12.9. The second-order valence-electron chi connectivity index (χ2n) is 10.5. The SMILES string of the molecule is CCC(C)C.CCOC(=O)c1c(C(C)C)nc2c(c1C1=CCCC1)C(O)CC(C)(C)C2. The van der Waals surface area contributed by atoms with Gasteiger partial charge < -0.3 is 9.84 Å². The highest BCUT2D eigenvalue weighted by molar-refractivity contribution is 5.98. The van der Waals surface area contributed by atoms with Crippen LogP contribution in [0.5, 0.6) is 0 Å². The normalized spacial score (nSPS) is 19.6. The van der Waals surface area contributed by atoms with Crippen LogP contribution in [-0.4, -0.2) is 22.7 Å². The Morgan fingerprint density at radius 3 is 2.39 bits per heavy atom. The van der Waals surface area contributed by atoms with Gasteiger partial charge in [0.2, 0.25) is 0 Å². The number of pyridine rings is 1. The molecule has 1 heterocycles. The van der Waals surface area contributed by atoms with Gasteiger partial charge in [-0.3, -0.25) is 4.98 Å². The maximum Gasteiger partial charge on any atom is 0.340 e. The standard InChI is InChI=1S/C22H31NO3.C5H12/c1-6-26-21(25)19-17(14-9-7-8-10-14)18-15(23-20(19)13(2)3)11-22(4,5)12-16(18)24;1-4-5(2)3/h9,13,16,24H,6-8,10-12H2,1-5H3;5H,4H2,1-3H3. The molecule has 0 spiro atoms. The summed E-state index contributed by atoms with van der Waals surface area (Å²) in [4.78, 5) is 17.8. The van der Waals surface area contributed by atoms with Gasteiger partial charge in [-0.25, -0.2) is 4.79 Å². The Morgan fingerprint density at radius 1 is 1.26 bits per heavy atom.